The van der Waals surface area contributed by atoms with Crippen molar-refractivity contribution in [1.29, 1.82) is 5.26 Å². The van der Waals surface area contributed by atoms with Gasteiger partial charge in [-0.2, -0.15) is 5.26 Å². The number of nitrogens with zero attached hydrogens (tertiary/aromatic N) is 3. The zero-order valence-corrected chi connectivity index (χ0v) is 8.65. The van der Waals surface area contributed by atoms with Crippen molar-refractivity contribution in [3.05, 3.63) is 41.7 Å². The summed E-state index contributed by atoms with van der Waals surface area (Å²) in [6.45, 7) is 0.278. The summed E-state index contributed by atoms with van der Waals surface area (Å²) in [6, 6.07) is 9.53. The fourth-order valence-electron chi connectivity index (χ4n) is 1.40. The Balaban J connectivity index is 2.51. The van der Waals surface area contributed by atoms with Crippen molar-refractivity contribution in [3.8, 4) is 17.5 Å². The average Bonchev–Trinajstić information content (AvgIpc) is 2.67. The Morgan fingerprint density at radius 3 is 2.93 bits per heavy atom. The van der Waals surface area contributed by atoms with Gasteiger partial charge in [-0.25, -0.2) is 4.98 Å². The monoisotopic (exact) mass is 217 g/mol. The lowest BCUT2D eigenvalue weighted by atomic mass is 10.2. The molecule has 0 aliphatic carbocycles. The molecular formula is C11H8ClN3. The largest absolute Gasteiger partial charge is 0.317 e. The van der Waals surface area contributed by atoms with Gasteiger partial charge < -0.3 is 4.57 Å². The van der Waals surface area contributed by atoms with E-state index >= 15 is 0 Å². The molecule has 0 amide bonds. The molecule has 15 heavy (non-hydrogen) atoms. The van der Waals surface area contributed by atoms with E-state index in [1.165, 1.54) is 0 Å². The Morgan fingerprint density at radius 1 is 1.40 bits per heavy atom. The van der Waals surface area contributed by atoms with Gasteiger partial charge in [0.2, 0.25) is 0 Å². The van der Waals surface area contributed by atoms with Crippen LogP contribution in [0, 0.1) is 11.3 Å². The summed E-state index contributed by atoms with van der Waals surface area (Å²) in [4.78, 5) is 4.19. The number of hydrogen-bond donors (Lipinski definition) is 0. The van der Waals surface area contributed by atoms with Crippen LogP contribution in [0.3, 0.4) is 0 Å². The summed E-state index contributed by atoms with van der Waals surface area (Å²) in [7, 11) is 0. The highest BCUT2D eigenvalue weighted by Crippen LogP contribution is 2.25. The van der Waals surface area contributed by atoms with Crippen LogP contribution in [-0.4, -0.2) is 9.55 Å². The first-order valence-electron chi connectivity index (χ1n) is 4.46. The van der Waals surface area contributed by atoms with Crippen LogP contribution in [0.1, 0.15) is 0 Å². The second-order valence-corrected chi connectivity index (χ2v) is 3.42. The summed E-state index contributed by atoms with van der Waals surface area (Å²) in [5, 5.41) is 9.29. The number of rotatable bonds is 2. The highest BCUT2D eigenvalue weighted by Gasteiger charge is 2.08. The van der Waals surface area contributed by atoms with E-state index in [0.29, 0.717) is 5.02 Å². The molecule has 0 spiro atoms. The molecule has 1 aromatic carbocycles. The van der Waals surface area contributed by atoms with Crippen LogP contribution < -0.4 is 0 Å². The molecule has 0 aliphatic rings. The molecule has 1 aromatic heterocycles. The number of imidazole rings is 1. The molecule has 1 heterocycles. The lowest BCUT2D eigenvalue weighted by Gasteiger charge is -2.04. The van der Waals surface area contributed by atoms with E-state index in [1.54, 1.807) is 17.0 Å². The molecule has 0 bridgehead atoms. The third-order valence-corrected chi connectivity index (χ3v) is 2.40. The zero-order chi connectivity index (χ0) is 10.7. The van der Waals surface area contributed by atoms with Crippen LogP contribution in [0.4, 0.5) is 0 Å². The third kappa shape index (κ3) is 1.85. The molecule has 4 heteroatoms. The topological polar surface area (TPSA) is 41.6 Å². The SMILES string of the molecule is N#CCn1ccnc1-c1ccccc1Cl. The minimum absolute atomic E-state index is 0.278. The van der Waals surface area contributed by atoms with Crippen molar-refractivity contribution in [2.75, 3.05) is 0 Å². The molecule has 2 aromatic rings. The first kappa shape index (κ1) is 9.75. The van der Waals surface area contributed by atoms with Crippen LogP contribution in [0.2, 0.25) is 5.02 Å². The standard InChI is InChI=1S/C11H8ClN3/c12-10-4-2-1-3-9(10)11-14-6-8-15(11)7-5-13/h1-4,6,8H,7H2. The van der Waals surface area contributed by atoms with Crippen LogP contribution in [-0.2, 0) is 6.54 Å². The van der Waals surface area contributed by atoms with E-state index in [-0.39, 0.29) is 6.54 Å². The third-order valence-electron chi connectivity index (χ3n) is 2.07. The van der Waals surface area contributed by atoms with E-state index in [2.05, 4.69) is 11.1 Å². The van der Waals surface area contributed by atoms with Gasteiger partial charge in [-0.1, -0.05) is 23.7 Å². The predicted octanol–water partition coefficient (Wildman–Crippen LogP) is 2.73. The van der Waals surface area contributed by atoms with Crippen LogP contribution in [0.25, 0.3) is 11.4 Å². The van der Waals surface area contributed by atoms with Crippen molar-refractivity contribution in [2.24, 2.45) is 0 Å². The zero-order valence-electron chi connectivity index (χ0n) is 7.89. The number of halogens is 1. The molecule has 3 nitrogen and oxygen atoms in total. The first-order valence-corrected chi connectivity index (χ1v) is 4.83. The number of aromatic nitrogens is 2. The van der Waals surface area contributed by atoms with Gasteiger partial charge in [0.05, 0.1) is 11.1 Å². The lowest BCUT2D eigenvalue weighted by molar-refractivity contribution is 0.841. The van der Waals surface area contributed by atoms with Gasteiger partial charge in [0, 0.05) is 18.0 Å². The van der Waals surface area contributed by atoms with E-state index in [4.69, 9.17) is 16.9 Å². The molecule has 74 valence electrons. The maximum Gasteiger partial charge on any atom is 0.142 e. The van der Waals surface area contributed by atoms with Crippen molar-refractivity contribution in [2.45, 2.75) is 6.54 Å². The van der Waals surface area contributed by atoms with Crippen molar-refractivity contribution < 1.29 is 0 Å². The second kappa shape index (κ2) is 4.16. The van der Waals surface area contributed by atoms with E-state index in [9.17, 15) is 0 Å². The Morgan fingerprint density at radius 2 is 2.20 bits per heavy atom. The van der Waals surface area contributed by atoms with Gasteiger partial charge in [-0.3, -0.25) is 0 Å². The van der Waals surface area contributed by atoms with Crippen LogP contribution in [0.5, 0.6) is 0 Å². The van der Waals surface area contributed by atoms with Gasteiger partial charge in [0.15, 0.2) is 0 Å². The summed E-state index contributed by atoms with van der Waals surface area (Å²) in [5.41, 5.74) is 0.847. The highest BCUT2D eigenvalue weighted by atomic mass is 35.5. The average molecular weight is 218 g/mol. The quantitative estimate of drug-likeness (QED) is 0.776. The maximum atomic E-state index is 8.65. The van der Waals surface area contributed by atoms with Crippen LogP contribution >= 0.6 is 11.6 Å². The minimum Gasteiger partial charge on any atom is -0.317 e. The van der Waals surface area contributed by atoms with E-state index < -0.39 is 0 Å². The summed E-state index contributed by atoms with van der Waals surface area (Å²) < 4.78 is 1.77. The Hall–Kier alpha value is -1.79. The smallest absolute Gasteiger partial charge is 0.142 e. The number of nitriles is 1. The van der Waals surface area contributed by atoms with Gasteiger partial charge in [0.1, 0.15) is 12.4 Å². The van der Waals surface area contributed by atoms with Gasteiger partial charge in [-0.05, 0) is 12.1 Å². The van der Waals surface area contributed by atoms with Crippen molar-refractivity contribution >= 4 is 11.6 Å². The van der Waals surface area contributed by atoms with Crippen molar-refractivity contribution in [1.82, 2.24) is 9.55 Å². The van der Waals surface area contributed by atoms with Gasteiger partial charge in [0.25, 0.3) is 0 Å². The fraction of sp³-hybridized carbons (Fsp3) is 0.0909. The predicted molar refractivity (Wildman–Crippen MR) is 58.3 cm³/mol. The molecule has 0 atom stereocenters. The normalized spacial score (nSPS) is 9.87. The lowest BCUT2D eigenvalue weighted by Crippen LogP contribution is -1.97. The summed E-state index contributed by atoms with van der Waals surface area (Å²) in [5.74, 6) is 0.724. The minimum atomic E-state index is 0.278. The molecule has 0 radical (unpaired) electrons. The van der Waals surface area contributed by atoms with Crippen LogP contribution in [0.15, 0.2) is 36.7 Å². The van der Waals surface area contributed by atoms with E-state index in [1.807, 2.05) is 24.3 Å². The first-order chi connectivity index (χ1) is 7.33. The van der Waals surface area contributed by atoms with Gasteiger partial charge >= 0.3 is 0 Å². The number of benzene rings is 1. The maximum absolute atomic E-state index is 8.65. The molecule has 0 saturated carbocycles. The Bertz CT molecular complexity index is 511. The Kier molecular flexibility index (Phi) is 2.70. The number of hydrogen-bond acceptors (Lipinski definition) is 2. The molecule has 0 N–H and O–H groups in total. The molecule has 2 rings (SSSR count). The molecular weight excluding hydrogens is 210 g/mol. The fourth-order valence-corrected chi connectivity index (χ4v) is 1.62. The highest BCUT2D eigenvalue weighted by molar-refractivity contribution is 6.33. The summed E-state index contributed by atoms with van der Waals surface area (Å²) in [6.07, 6.45) is 3.43. The van der Waals surface area contributed by atoms with Gasteiger partial charge in [-0.15, -0.1) is 0 Å². The molecule has 0 saturated heterocycles. The van der Waals surface area contributed by atoms with E-state index in [0.717, 1.165) is 11.4 Å². The second-order valence-electron chi connectivity index (χ2n) is 3.02. The summed E-state index contributed by atoms with van der Waals surface area (Å²) >= 11 is 6.05. The molecule has 0 unspecified atom stereocenters. The molecule has 0 fully saturated rings. The van der Waals surface area contributed by atoms with Crippen molar-refractivity contribution in [3.63, 3.8) is 0 Å². The Labute approximate surface area is 92.6 Å². The molecule has 0 aliphatic heterocycles.